The van der Waals surface area contributed by atoms with E-state index >= 15 is 0 Å². The molecule has 0 aliphatic heterocycles. The largest absolute Gasteiger partial charge is 0.506 e. The first-order valence-corrected chi connectivity index (χ1v) is 11.2. The fraction of sp³-hybridized carbons (Fsp3) is 0.333. The molecule has 0 radical (unpaired) electrons. The van der Waals surface area contributed by atoms with Gasteiger partial charge in [-0.1, -0.05) is 29.8 Å². The molecule has 0 heterocycles. The van der Waals surface area contributed by atoms with Crippen LogP contribution in [-0.4, -0.2) is 40.2 Å². The minimum Gasteiger partial charge on any atom is -0.506 e. The highest BCUT2D eigenvalue weighted by atomic mass is 32.2. The quantitative estimate of drug-likeness (QED) is 0.641. The standard InChI is InChI=1S/C18H20F2O6S2/c1-12-6-8-14(9-7-12)28(24,25)26-11-10-16(18(19)20)27(22,23)15-5-3-4-13(2)17(15)21/h3-9,16,18,21H,10-11H2,1-2H3. The van der Waals surface area contributed by atoms with Gasteiger partial charge in [-0.25, -0.2) is 17.2 Å². The van der Waals surface area contributed by atoms with E-state index in [1.54, 1.807) is 19.1 Å². The zero-order chi connectivity index (χ0) is 21.1. The van der Waals surface area contributed by atoms with E-state index in [1.165, 1.54) is 31.2 Å². The van der Waals surface area contributed by atoms with Gasteiger partial charge < -0.3 is 5.11 Å². The summed E-state index contributed by atoms with van der Waals surface area (Å²) in [6, 6.07) is 9.47. The van der Waals surface area contributed by atoms with Crippen molar-refractivity contribution in [2.24, 2.45) is 0 Å². The number of phenols is 1. The van der Waals surface area contributed by atoms with E-state index in [0.29, 0.717) is 0 Å². The van der Waals surface area contributed by atoms with Crippen LogP contribution in [0.5, 0.6) is 5.75 Å². The van der Waals surface area contributed by atoms with Crippen molar-refractivity contribution in [3.63, 3.8) is 0 Å². The highest BCUT2D eigenvalue weighted by Crippen LogP contribution is 2.32. The molecule has 0 saturated heterocycles. The Hall–Kier alpha value is -2.04. The Bertz CT molecular complexity index is 1030. The lowest BCUT2D eigenvalue weighted by Crippen LogP contribution is -2.31. The zero-order valence-corrected chi connectivity index (χ0v) is 16.8. The van der Waals surface area contributed by atoms with Crippen molar-refractivity contribution in [3.05, 3.63) is 53.6 Å². The third kappa shape index (κ3) is 4.86. The second kappa shape index (κ2) is 8.54. The Morgan fingerprint density at radius 1 is 1.00 bits per heavy atom. The maximum Gasteiger partial charge on any atom is 0.296 e. The van der Waals surface area contributed by atoms with Crippen molar-refractivity contribution in [2.45, 2.75) is 41.7 Å². The summed E-state index contributed by atoms with van der Waals surface area (Å²) in [5.74, 6) is -0.610. The highest BCUT2D eigenvalue weighted by molar-refractivity contribution is 7.92. The SMILES string of the molecule is Cc1ccc(S(=O)(=O)OCCC(C(F)F)S(=O)(=O)c2cccc(C)c2O)cc1. The third-order valence-corrected chi connectivity index (χ3v) is 7.64. The Morgan fingerprint density at radius 3 is 2.18 bits per heavy atom. The van der Waals surface area contributed by atoms with E-state index < -0.39 is 55.3 Å². The van der Waals surface area contributed by atoms with Crippen LogP contribution < -0.4 is 0 Å². The van der Waals surface area contributed by atoms with E-state index in [0.717, 1.165) is 11.6 Å². The van der Waals surface area contributed by atoms with Crippen molar-refractivity contribution >= 4 is 20.0 Å². The average Bonchev–Trinajstić information content (AvgIpc) is 2.60. The minimum atomic E-state index is -4.62. The maximum atomic E-state index is 13.4. The van der Waals surface area contributed by atoms with E-state index in [9.17, 15) is 30.7 Å². The van der Waals surface area contributed by atoms with Gasteiger partial charge in [-0.3, -0.25) is 4.18 Å². The van der Waals surface area contributed by atoms with Gasteiger partial charge in [-0.2, -0.15) is 8.42 Å². The number of hydrogen-bond acceptors (Lipinski definition) is 6. The van der Waals surface area contributed by atoms with Gasteiger partial charge in [0.1, 0.15) is 15.9 Å². The van der Waals surface area contributed by atoms with Crippen LogP contribution in [0, 0.1) is 13.8 Å². The van der Waals surface area contributed by atoms with Gasteiger partial charge >= 0.3 is 0 Å². The first-order valence-electron chi connectivity index (χ1n) is 8.23. The lowest BCUT2D eigenvalue weighted by Gasteiger charge is -2.18. The zero-order valence-electron chi connectivity index (χ0n) is 15.2. The molecule has 154 valence electrons. The normalized spacial score (nSPS) is 13.6. The average molecular weight is 434 g/mol. The Kier molecular flexibility index (Phi) is 6.79. The van der Waals surface area contributed by atoms with Crippen LogP contribution in [0.2, 0.25) is 0 Å². The summed E-state index contributed by atoms with van der Waals surface area (Å²) in [6.07, 6.45) is -4.06. The van der Waals surface area contributed by atoms with Gasteiger partial charge in [-0.05, 0) is 44.0 Å². The van der Waals surface area contributed by atoms with E-state index in [4.69, 9.17) is 4.18 Å². The molecule has 0 aromatic heterocycles. The molecule has 0 spiro atoms. The smallest absolute Gasteiger partial charge is 0.296 e. The predicted molar refractivity (Wildman–Crippen MR) is 98.8 cm³/mol. The number of rotatable bonds is 8. The second-order valence-electron chi connectivity index (χ2n) is 6.22. The number of sulfone groups is 1. The number of alkyl halides is 2. The van der Waals surface area contributed by atoms with Gasteiger partial charge in [0.15, 0.2) is 9.84 Å². The minimum absolute atomic E-state index is 0.161. The van der Waals surface area contributed by atoms with Crippen molar-refractivity contribution in [1.82, 2.24) is 0 Å². The number of aromatic hydroxyl groups is 1. The first kappa shape index (κ1) is 22.3. The molecule has 28 heavy (non-hydrogen) atoms. The number of benzene rings is 2. The van der Waals surface area contributed by atoms with Gasteiger partial charge in [0.25, 0.3) is 16.5 Å². The molecule has 0 aliphatic carbocycles. The first-order chi connectivity index (χ1) is 13.0. The molecule has 10 heteroatoms. The van der Waals surface area contributed by atoms with E-state index in [2.05, 4.69) is 0 Å². The van der Waals surface area contributed by atoms with Crippen LogP contribution in [-0.2, 0) is 24.1 Å². The van der Waals surface area contributed by atoms with Crippen molar-refractivity contribution < 1.29 is 34.9 Å². The number of phenolic OH excluding ortho intramolecular Hbond substituents is 1. The Labute approximate surface area is 162 Å². The number of para-hydroxylation sites is 1. The lowest BCUT2D eigenvalue weighted by atomic mass is 10.2. The fourth-order valence-corrected chi connectivity index (χ4v) is 5.11. The van der Waals surface area contributed by atoms with Crippen LogP contribution in [0.25, 0.3) is 0 Å². The summed E-state index contributed by atoms with van der Waals surface area (Å²) in [7, 11) is -8.83. The molecule has 0 amide bonds. The maximum absolute atomic E-state index is 13.4. The van der Waals surface area contributed by atoms with Crippen LogP contribution >= 0.6 is 0 Å². The van der Waals surface area contributed by atoms with Gasteiger partial charge in [0, 0.05) is 0 Å². The molecule has 2 aromatic carbocycles. The molecule has 2 aromatic rings. The highest BCUT2D eigenvalue weighted by Gasteiger charge is 2.37. The van der Waals surface area contributed by atoms with Gasteiger partial charge in [0.2, 0.25) is 0 Å². The molecule has 1 atom stereocenters. The van der Waals surface area contributed by atoms with Crippen LogP contribution in [0.15, 0.2) is 52.3 Å². The fourth-order valence-electron chi connectivity index (χ4n) is 2.49. The van der Waals surface area contributed by atoms with Crippen LogP contribution in [0.1, 0.15) is 17.5 Å². The topological polar surface area (TPSA) is 97.7 Å². The summed E-state index contributed by atoms with van der Waals surface area (Å²) < 4.78 is 81.0. The Morgan fingerprint density at radius 2 is 1.61 bits per heavy atom. The molecule has 2 rings (SSSR count). The van der Waals surface area contributed by atoms with E-state index in [1.807, 2.05) is 0 Å². The van der Waals surface area contributed by atoms with Gasteiger partial charge in [0.05, 0.1) is 11.5 Å². The molecule has 6 nitrogen and oxygen atoms in total. The Balaban J connectivity index is 2.19. The number of aryl methyl sites for hydroxylation is 2. The van der Waals surface area contributed by atoms with Gasteiger partial charge in [-0.15, -0.1) is 0 Å². The number of halogens is 2. The van der Waals surface area contributed by atoms with Crippen molar-refractivity contribution in [3.8, 4) is 5.75 Å². The summed E-state index contributed by atoms with van der Waals surface area (Å²) in [4.78, 5) is -0.787. The summed E-state index contributed by atoms with van der Waals surface area (Å²) in [5.41, 5.74) is 1.04. The molecular weight excluding hydrogens is 414 g/mol. The molecule has 0 fully saturated rings. The monoisotopic (exact) mass is 434 g/mol. The predicted octanol–water partition coefficient (Wildman–Crippen LogP) is 3.21. The second-order valence-corrected chi connectivity index (χ2v) is 9.97. The van der Waals surface area contributed by atoms with E-state index in [-0.39, 0.29) is 10.5 Å². The van der Waals surface area contributed by atoms with Crippen molar-refractivity contribution in [1.29, 1.82) is 0 Å². The number of hydrogen-bond donors (Lipinski definition) is 1. The van der Waals surface area contributed by atoms with Crippen LogP contribution in [0.4, 0.5) is 8.78 Å². The molecule has 1 N–H and O–H groups in total. The molecule has 0 aliphatic rings. The summed E-state index contributed by atoms with van der Waals surface area (Å²) >= 11 is 0. The van der Waals surface area contributed by atoms with Crippen molar-refractivity contribution in [2.75, 3.05) is 6.61 Å². The third-order valence-electron chi connectivity index (χ3n) is 4.14. The molecule has 1 unspecified atom stereocenters. The van der Waals surface area contributed by atoms with Crippen LogP contribution in [0.3, 0.4) is 0 Å². The summed E-state index contributed by atoms with van der Waals surface area (Å²) in [6.45, 7) is 2.44. The lowest BCUT2D eigenvalue weighted by molar-refractivity contribution is 0.130. The molecular formula is C18H20F2O6S2. The summed E-state index contributed by atoms with van der Waals surface area (Å²) in [5, 5.41) is 7.71. The molecule has 0 saturated carbocycles. The molecule has 0 bridgehead atoms.